The van der Waals surface area contributed by atoms with Gasteiger partial charge in [-0.3, -0.25) is 4.79 Å². The molecular weight excluding hydrogens is 300 g/mol. The Morgan fingerprint density at radius 2 is 1.92 bits per heavy atom. The van der Waals surface area contributed by atoms with Crippen LogP contribution < -0.4 is 15.1 Å². The fourth-order valence-corrected chi connectivity index (χ4v) is 3.13. The number of carbonyl (C=O) groups excluding carboxylic acids is 1. The van der Waals surface area contributed by atoms with Gasteiger partial charge in [-0.05, 0) is 36.6 Å². The number of hydrogen-bond donors (Lipinski definition) is 1. The normalized spacial score (nSPS) is 13.8. The predicted octanol–water partition coefficient (Wildman–Crippen LogP) is 2.68. The highest BCUT2D eigenvalue weighted by atomic mass is 16.1. The molecule has 1 N–H and O–H groups in total. The van der Waals surface area contributed by atoms with E-state index in [1.54, 1.807) is 12.3 Å². The van der Waals surface area contributed by atoms with Crippen molar-refractivity contribution >= 4 is 17.4 Å². The summed E-state index contributed by atoms with van der Waals surface area (Å²) >= 11 is 0. The van der Waals surface area contributed by atoms with E-state index in [9.17, 15) is 4.79 Å². The largest absolute Gasteiger partial charge is 0.371 e. The van der Waals surface area contributed by atoms with Crippen molar-refractivity contribution in [3.05, 3.63) is 53.7 Å². The number of hydrogen-bond acceptors (Lipinski definition) is 4. The van der Waals surface area contributed by atoms with Gasteiger partial charge in [-0.15, -0.1) is 0 Å². The minimum absolute atomic E-state index is 0.0944. The van der Waals surface area contributed by atoms with Crippen molar-refractivity contribution in [2.45, 2.75) is 19.4 Å². The monoisotopic (exact) mass is 324 g/mol. The van der Waals surface area contributed by atoms with Crippen LogP contribution in [0.5, 0.6) is 0 Å². The number of carbonyl (C=O) groups is 1. The van der Waals surface area contributed by atoms with Crippen LogP contribution in [0.4, 0.5) is 11.5 Å². The van der Waals surface area contributed by atoms with Crippen LogP contribution >= 0.6 is 0 Å². The molecule has 0 saturated carbocycles. The Bertz CT molecular complexity index is 708. The highest BCUT2D eigenvalue weighted by Gasteiger charge is 2.17. The van der Waals surface area contributed by atoms with Gasteiger partial charge in [0.1, 0.15) is 5.82 Å². The van der Waals surface area contributed by atoms with Crippen LogP contribution in [0.2, 0.25) is 0 Å². The van der Waals surface area contributed by atoms with Gasteiger partial charge in [0.15, 0.2) is 0 Å². The molecule has 2 heterocycles. The second kappa shape index (κ2) is 7.34. The third-order valence-electron chi connectivity index (χ3n) is 4.33. The molecule has 1 fully saturated rings. The Morgan fingerprint density at radius 3 is 2.67 bits per heavy atom. The molecule has 1 aromatic heterocycles. The van der Waals surface area contributed by atoms with E-state index < -0.39 is 0 Å². The van der Waals surface area contributed by atoms with Gasteiger partial charge in [0.05, 0.1) is 5.56 Å². The molecule has 0 aliphatic carbocycles. The summed E-state index contributed by atoms with van der Waals surface area (Å²) in [7, 11) is 3.78. The summed E-state index contributed by atoms with van der Waals surface area (Å²) in [5, 5.41) is 3.04. The zero-order valence-corrected chi connectivity index (χ0v) is 14.3. The van der Waals surface area contributed by atoms with Crippen molar-refractivity contribution in [3.63, 3.8) is 0 Å². The zero-order valence-electron chi connectivity index (χ0n) is 14.3. The Morgan fingerprint density at radius 1 is 1.17 bits per heavy atom. The van der Waals surface area contributed by atoms with Crippen molar-refractivity contribution in [1.29, 1.82) is 0 Å². The standard InChI is InChI=1S/C19H24N4O/c1-22(2)18-16(9-7-11-20-18)19(24)21-14-15-8-3-4-10-17(15)23-12-5-6-13-23/h3-4,7-11H,5-6,12-14H2,1-2H3,(H,21,24). The van der Waals surface area contributed by atoms with E-state index in [1.807, 2.05) is 31.1 Å². The molecule has 5 heteroatoms. The topological polar surface area (TPSA) is 48.5 Å². The Balaban J connectivity index is 1.73. The summed E-state index contributed by atoms with van der Waals surface area (Å²) in [5.41, 5.74) is 2.98. The van der Waals surface area contributed by atoms with E-state index in [-0.39, 0.29) is 5.91 Å². The van der Waals surface area contributed by atoms with Gasteiger partial charge >= 0.3 is 0 Å². The van der Waals surface area contributed by atoms with Crippen molar-refractivity contribution in [3.8, 4) is 0 Å². The number of nitrogens with zero attached hydrogens (tertiary/aromatic N) is 3. The SMILES string of the molecule is CN(C)c1ncccc1C(=O)NCc1ccccc1N1CCCC1. The molecule has 0 spiro atoms. The molecule has 0 unspecified atom stereocenters. The molecule has 1 aliphatic rings. The second-order valence-corrected chi connectivity index (χ2v) is 6.27. The summed E-state index contributed by atoms with van der Waals surface area (Å²) in [6, 6.07) is 11.9. The molecular formula is C19H24N4O. The van der Waals surface area contributed by atoms with E-state index >= 15 is 0 Å². The number of aromatic nitrogens is 1. The molecule has 5 nitrogen and oxygen atoms in total. The van der Waals surface area contributed by atoms with Crippen molar-refractivity contribution in [2.24, 2.45) is 0 Å². The Kier molecular flexibility index (Phi) is 4.99. The Hall–Kier alpha value is -2.56. The lowest BCUT2D eigenvalue weighted by molar-refractivity contribution is 0.0951. The van der Waals surface area contributed by atoms with Crippen LogP contribution in [0.3, 0.4) is 0 Å². The van der Waals surface area contributed by atoms with Crippen molar-refractivity contribution in [1.82, 2.24) is 10.3 Å². The highest BCUT2D eigenvalue weighted by Crippen LogP contribution is 2.24. The summed E-state index contributed by atoms with van der Waals surface area (Å²) in [4.78, 5) is 21.1. The van der Waals surface area contributed by atoms with E-state index in [2.05, 4.69) is 33.4 Å². The maximum absolute atomic E-state index is 12.6. The second-order valence-electron chi connectivity index (χ2n) is 6.27. The van der Waals surface area contributed by atoms with E-state index in [0.29, 0.717) is 17.9 Å². The molecule has 0 radical (unpaired) electrons. The average molecular weight is 324 g/mol. The number of benzene rings is 1. The molecule has 1 aliphatic heterocycles. The van der Waals surface area contributed by atoms with Crippen molar-refractivity contribution in [2.75, 3.05) is 37.0 Å². The fraction of sp³-hybridized carbons (Fsp3) is 0.368. The lowest BCUT2D eigenvalue weighted by Gasteiger charge is -2.22. The number of rotatable bonds is 5. The number of anilines is 2. The number of para-hydroxylation sites is 1. The number of nitrogens with one attached hydrogen (secondary N) is 1. The van der Waals surface area contributed by atoms with E-state index in [4.69, 9.17) is 0 Å². The minimum Gasteiger partial charge on any atom is -0.371 e. The minimum atomic E-state index is -0.0944. The van der Waals surface area contributed by atoms with Gasteiger partial charge in [0.2, 0.25) is 0 Å². The first-order chi connectivity index (χ1) is 11.7. The van der Waals surface area contributed by atoms with Crippen LogP contribution in [-0.4, -0.2) is 38.1 Å². The number of pyridine rings is 1. The molecule has 3 rings (SSSR count). The van der Waals surface area contributed by atoms with Crippen LogP contribution in [-0.2, 0) is 6.54 Å². The molecule has 0 bridgehead atoms. The molecule has 1 amide bonds. The van der Waals surface area contributed by atoms with E-state index in [1.165, 1.54) is 18.5 Å². The maximum atomic E-state index is 12.6. The maximum Gasteiger partial charge on any atom is 0.255 e. The summed E-state index contributed by atoms with van der Waals surface area (Å²) in [6.45, 7) is 2.71. The van der Waals surface area contributed by atoms with Gasteiger partial charge in [-0.25, -0.2) is 4.98 Å². The van der Waals surface area contributed by atoms with Gasteiger partial charge in [0, 0.05) is 45.6 Å². The van der Waals surface area contributed by atoms with Gasteiger partial charge < -0.3 is 15.1 Å². The smallest absolute Gasteiger partial charge is 0.255 e. The third-order valence-corrected chi connectivity index (χ3v) is 4.33. The molecule has 24 heavy (non-hydrogen) atoms. The average Bonchev–Trinajstić information content (AvgIpc) is 3.14. The molecule has 126 valence electrons. The first kappa shape index (κ1) is 16.3. The zero-order chi connectivity index (χ0) is 16.9. The quantitative estimate of drug-likeness (QED) is 0.919. The van der Waals surface area contributed by atoms with Crippen LogP contribution in [0.1, 0.15) is 28.8 Å². The molecule has 0 atom stereocenters. The van der Waals surface area contributed by atoms with E-state index in [0.717, 1.165) is 18.7 Å². The van der Waals surface area contributed by atoms with Crippen LogP contribution in [0.15, 0.2) is 42.6 Å². The lowest BCUT2D eigenvalue weighted by atomic mass is 10.1. The molecule has 1 aromatic carbocycles. The van der Waals surface area contributed by atoms with Crippen molar-refractivity contribution < 1.29 is 4.79 Å². The highest BCUT2D eigenvalue weighted by molar-refractivity contribution is 5.98. The third kappa shape index (κ3) is 3.50. The molecule has 1 saturated heterocycles. The summed E-state index contributed by atoms with van der Waals surface area (Å²) < 4.78 is 0. The first-order valence-corrected chi connectivity index (χ1v) is 8.40. The van der Waals surface area contributed by atoms with Gasteiger partial charge in [-0.1, -0.05) is 18.2 Å². The van der Waals surface area contributed by atoms with Gasteiger partial charge in [0.25, 0.3) is 5.91 Å². The van der Waals surface area contributed by atoms with Crippen LogP contribution in [0.25, 0.3) is 0 Å². The lowest BCUT2D eigenvalue weighted by Crippen LogP contribution is -2.27. The molecule has 2 aromatic rings. The number of amides is 1. The van der Waals surface area contributed by atoms with Gasteiger partial charge in [-0.2, -0.15) is 0 Å². The summed E-state index contributed by atoms with van der Waals surface area (Å²) in [5.74, 6) is 0.589. The predicted molar refractivity (Wildman–Crippen MR) is 97.6 cm³/mol. The van der Waals surface area contributed by atoms with Crippen LogP contribution in [0, 0.1) is 0 Å². The Labute approximate surface area is 143 Å². The fourth-order valence-electron chi connectivity index (χ4n) is 3.13. The first-order valence-electron chi connectivity index (χ1n) is 8.40. The summed E-state index contributed by atoms with van der Waals surface area (Å²) in [6.07, 6.45) is 4.18.